The molecule has 0 amide bonds. The Hall–Kier alpha value is -2.04. The van der Waals surface area contributed by atoms with E-state index < -0.39 is 0 Å². The fraction of sp³-hybridized carbons (Fsp3) is 0.333. The number of amidine groups is 1. The van der Waals surface area contributed by atoms with Crippen molar-refractivity contribution in [2.24, 2.45) is 15.8 Å². The Morgan fingerprint density at radius 1 is 1.29 bits per heavy atom. The van der Waals surface area contributed by atoms with Crippen molar-refractivity contribution in [2.45, 2.75) is 13.0 Å². The van der Waals surface area contributed by atoms with Crippen molar-refractivity contribution in [1.82, 2.24) is 5.43 Å². The first-order chi connectivity index (χ1) is 8.08. The van der Waals surface area contributed by atoms with Crippen LogP contribution in [0.4, 0.5) is 11.4 Å². The number of aliphatic imine (C=N–C) groups is 1. The average molecular weight is 231 g/mol. The van der Waals surface area contributed by atoms with Crippen LogP contribution in [0.2, 0.25) is 0 Å². The van der Waals surface area contributed by atoms with Crippen molar-refractivity contribution in [2.75, 3.05) is 19.0 Å². The highest BCUT2D eigenvalue weighted by molar-refractivity contribution is 6.44. The zero-order valence-electron chi connectivity index (χ0n) is 10.3. The van der Waals surface area contributed by atoms with Crippen LogP contribution in [0, 0.1) is 0 Å². The van der Waals surface area contributed by atoms with E-state index >= 15 is 0 Å². The standard InChI is InChI=1S/C12H17N5/c1-8-11(12(13)16-15-8)14-9-4-6-10(7-5-9)17(2)3/h4-8,15H,1-3H3,(H2,13,16). The fourth-order valence-corrected chi connectivity index (χ4v) is 1.63. The molecule has 1 aliphatic heterocycles. The van der Waals surface area contributed by atoms with Gasteiger partial charge in [0.05, 0.1) is 11.7 Å². The molecular formula is C12H17N5. The average Bonchev–Trinajstić information content (AvgIpc) is 2.61. The minimum absolute atomic E-state index is 0.0727. The third-order valence-corrected chi connectivity index (χ3v) is 2.67. The maximum Gasteiger partial charge on any atom is 0.167 e. The summed E-state index contributed by atoms with van der Waals surface area (Å²) in [6, 6.07) is 8.07. The summed E-state index contributed by atoms with van der Waals surface area (Å²) in [5.74, 6) is 0.467. The van der Waals surface area contributed by atoms with Gasteiger partial charge in [0, 0.05) is 19.8 Å². The normalized spacial score (nSPS) is 21.2. The SMILES string of the molecule is CC1NN=C(N)C1=Nc1ccc(N(C)C)cc1. The minimum Gasteiger partial charge on any atom is -0.381 e. The molecule has 5 nitrogen and oxygen atoms in total. The number of nitrogens with two attached hydrogens (primary N) is 1. The molecule has 17 heavy (non-hydrogen) atoms. The first-order valence-corrected chi connectivity index (χ1v) is 5.53. The molecule has 0 aromatic heterocycles. The molecule has 1 aromatic carbocycles. The molecule has 0 saturated heterocycles. The number of nitrogens with one attached hydrogen (secondary N) is 1. The van der Waals surface area contributed by atoms with Crippen molar-refractivity contribution < 1.29 is 0 Å². The van der Waals surface area contributed by atoms with Crippen LogP contribution >= 0.6 is 0 Å². The topological polar surface area (TPSA) is 66.0 Å². The van der Waals surface area contributed by atoms with Crippen molar-refractivity contribution >= 4 is 22.9 Å². The summed E-state index contributed by atoms with van der Waals surface area (Å²) in [4.78, 5) is 6.55. The lowest BCUT2D eigenvalue weighted by atomic mass is 10.2. The second-order valence-corrected chi connectivity index (χ2v) is 4.26. The molecular weight excluding hydrogens is 214 g/mol. The van der Waals surface area contributed by atoms with Crippen LogP contribution in [0.25, 0.3) is 0 Å². The third kappa shape index (κ3) is 2.38. The number of nitrogens with zero attached hydrogens (tertiary/aromatic N) is 3. The monoisotopic (exact) mass is 231 g/mol. The molecule has 1 aliphatic rings. The van der Waals surface area contributed by atoms with Crippen LogP contribution in [0.1, 0.15) is 6.92 Å². The van der Waals surface area contributed by atoms with Crippen LogP contribution in [0.5, 0.6) is 0 Å². The molecule has 2 rings (SSSR count). The zero-order chi connectivity index (χ0) is 12.4. The molecule has 90 valence electrons. The maximum absolute atomic E-state index is 5.74. The molecule has 3 N–H and O–H groups in total. The lowest BCUT2D eigenvalue weighted by Crippen LogP contribution is -2.29. The Morgan fingerprint density at radius 3 is 2.41 bits per heavy atom. The van der Waals surface area contributed by atoms with E-state index in [1.807, 2.05) is 50.2 Å². The predicted octanol–water partition coefficient (Wildman–Crippen LogP) is 1.09. The number of hydrogen-bond donors (Lipinski definition) is 2. The molecule has 5 heteroatoms. The van der Waals surface area contributed by atoms with Gasteiger partial charge in [-0.25, -0.2) is 4.99 Å². The van der Waals surface area contributed by atoms with E-state index in [-0.39, 0.29) is 6.04 Å². The Kier molecular flexibility index (Phi) is 2.99. The number of hydrogen-bond acceptors (Lipinski definition) is 5. The van der Waals surface area contributed by atoms with Crippen molar-refractivity contribution in [3.8, 4) is 0 Å². The van der Waals surface area contributed by atoms with E-state index in [1.54, 1.807) is 0 Å². The van der Waals surface area contributed by atoms with Gasteiger partial charge in [-0.15, -0.1) is 0 Å². The lowest BCUT2D eigenvalue weighted by Gasteiger charge is -2.12. The quantitative estimate of drug-likeness (QED) is 0.800. The Morgan fingerprint density at radius 2 is 1.94 bits per heavy atom. The number of hydrazone groups is 1. The molecule has 0 spiro atoms. The van der Waals surface area contributed by atoms with Crippen LogP contribution in [0.15, 0.2) is 34.4 Å². The van der Waals surface area contributed by atoms with Crippen LogP contribution in [0.3, 0.4) is 0 Å². The first kappa shape index (κ1) is 11.4. The highest BCUT2D eigenvalue weighted by atomic mass is 15.4. The van der Waals surface area contributed by atoms with E-state index in [9.17, 15) is 0 Å². The summed E-state index contributed by atoms with van der Waals surface area (Å²) in [5, 5.41) is 3.95. The molecule has 1 unspecified atom stereocenters. The van der Waals surface area contributed by atoms with Gasteiger partial charge in [-0.3, -0.25) is 5.43 Å². The summed E-state index contributed by atoms with van der Waals surface area (Å²) < 4.78 is 0. The largest absolute Gasteiger partial charge is 0.381 e. The minimum atomic E-state index is 0.0727. The van der Waals surface area contributed by atoms with Crippen LogP contribution in [-0.4, -0.2) is 31.7 Å². The first-order valence-electron chi connectivity index (χ1n) is 5.53. The van der Waals surface area contributed by atoms with Crippen molar-refractivity contribution in [3.63, 3.8) is 0 Å². The number of benzene rings is 1. The highest BCUT2D eigenvalue weighted by Gasteiger charge is 2.20. The highest BCUT2D eigenvalue weighted by Crippen LogP contribution is 2.19. The van der Waals surface area contributed by atoms with E-state index in [0.717, 1.165) is 17.1 Å². The third-order valence-electron chi connectivity index (χ3n) is 2.67. The second-order valence-electron chi connectivity index (χ2n) is 4.26. The Bertz CT molecular complexity index is 458. The molecule has 1 heterocycles. The zero-order valence-corrected chi connectivity index (χ0v) is 10.3. The number of rotatable bonds is 2. The summed E-state index contributed by atoms with van der Waals surface area (Å²) in [6.45, 7) is 1.98. The molecule has 0 bridgehead atoms. The van der Waals surface area contributed by atoms with Gasteiger partial charge in [-0.1, -0.05) is 0 Å². The summed E-state index contributed by atoms with van der Waals surface area (Å²) in [6.07, 6.45) is 0. The lowest BCUT2D eigenvalue weighted by molar-refractivity contribution is 0.728. The van der Waals surface area contributed by atoms with E-state index in [1.165, 1.54) is 0 Å². The molecule has 1 atom stereocenters. The summed E-state index contributed by atoms with van der Waals surface area (Å²) >= 11 is 0. The van der Waals surface area contributed by atoms with E-state index in [4.69, 9.17) is 5.73 Å². The smallest absolute Gasteiger partial charge is 0.167 e. The molecule has 0 fully saturated rings. The maximum atomic E-state index is 5.74. The molecule has 0 aliphatic carbocycles. The fourth-order valence-electron chi connectivity index (χ4n) is 1.63. The molecule has 0 radical (unpaired) electrons. The number of anilines is 1. The van der Waals surface area contributed by atoms with Gasteiger partial charge < -0.3 is 10.6 Å². The summed E-state index contributed by atoms with van der Waals surface area (Å²) in [5.41, 5.74) is 11.5. The van der Waals surface area contributed by atoms with E-state index in [2.05, 4.69) is 15.5 Å². The van der Waals surface area contributed by atoms with Crippen LogP contribution < -0.4 is 16.1 Å². The van der Waals surface area contributed by atoms with Gasteiger partial charge in [-0.2, -0.15) is 5.10 Å². The van der Waals surface area contributed by atoms with Crippen molar-refractivity contribution in [3.05, 3.63) is 24.3 Å². The van der Waals surface area contributed by atoms with E-state index in [0.29, 0.717) is 5.84 Å². The Labute approximate surface area is 101 Å². The van der Waals surface area contributed by atoms with Gasteiger partial charge in [0.15, 0.2) is 5.84 Å². The molecule has 0 saturated carbocycles. The van der Waals surface area contributed by atoms with Crippen molar-refractivity contribution in [1.29, 1.82) is 0 Å². The predicted molar refractivity (Wildman–Crippen MR) is 72.1 cm³/mol. The van der Waals surface area contributed by atoms with Gasteiger partial charge in [0.25, 0.3) is 0 Å². The van der Waals surface area contributed by atoms with Gasteiger partial charge in [-0.05, 0) is 31.2 Å². The Balaban J connectivity index is 2.24. The molecule has 1 aromatic rings. The second kappa shape index (κ2) is 4.45. The van der Waals surface area contributed by atoms with Gasteiger partial charge in [0.2, 0.25) is 0 Å². The summed E-state index contributed by atoms with van der Waals surface area (Å²) in [7, 11) is 4.02. The van der Waals surface area contributed by atoms with Gasteiger partial charge >= 0.3 is 0 Å². The van der Waals surface area contributed by atoms with Gasteiger partial charge in [0.1, 0.15) is 5.71 Å². The van der Waals surface area contributed by atoms with Crippen LogP contribution in [-0.2, 0) is 0 Å².